The standard InChI is InChI=1S/C21H30N4O2S/c1-14(2)25-20(16-9-11-17(27-4)12-10-16)23-24-21(25)28-13-19(26)22-18-8-6-5-7-15(18)3/h9-12,14-15,18H,5-8,13H2,1-4H3,(H,22,26). The largest absolute Gasteiger partial charge is 0.497 e. The van der Waals surface area contributed by atoms with Gasteiger partial charge in [0.2, 0.25) is 5.91 Å². The number of nitrogens with one attached hydrogen (secondary N) is 1. The molecule has 0 aliphatic heterocycles. The lowest BCUT2D eigenvalue weighted by Crippen LogP contribution is -2.41. The number of carbonyl (C=O) groups excluding carboxylic acids is 1. The third-order valence-electron chi connectivity index (χ3n) is 5.32. The van der Waals surface area contributed by atoms with Crippen molar-refractivity contribution in [2.75, 3.05) is 12.9 Å². The maximum atomic E-state index is 12.5. The first kappa shape index (κ1) is 20.7. The van der Waals surface area contributed by atoms with Crippen molar-refractivity contribution < 1.29 is 9.53 Å². The predicted molar refractivity (Wildman–Crippen MR) is 113 cm³/mol. The van der Waals surface area contributed by atoms with Crippen LogP contribution >= 0.6 is 11.8 Å². The van der Waals surface area contributed by atoms with Crippen LogP contribution in [0.1, 0.15) is 52.5 Å². The summed E-state index contributed by atoms with van der Waals surface area (Å²) >= 11 is 1.45. The first-order valence-corrected chi connectivity index (χ1v) is 11.0. The van der Waals surface area contributed by atoms with Gasteiger partial charge in [-0.05, 0) is 56.9 Å². The van der Waals surface area contributed by atoms with E-state index in [1.807, 2.05) is 24.3 Å². The monoisotopic (exact) mass is 402 g/mol. The molecule has 1 amide bonds. The van der Waals surface area contributed by atoms with Crippen LogP contribution in [0.4, 0.5) is 0 Å². The molecule has 0 saturated heterocycles. The molecule has 28 heavy (non-hydrogen) atoms. The summed E-state index contributed by atoms with van der Waals surface area (Å²) in [4.78, 5) is 12.5. The lowest BCUT2D eigenvalue weighted by atomic mass is 9.86. The lowest BCUT2D eigenvalue weighted by Gasteiger charge is -2.29. The van der Waals surface area contributed by atoms with E-state index in [0.717, 1.165) is 28.7 Å². The van der Waals surface area contributed by atoms with Gasteiger partial charge in [0.1, 0.15) is 5.75 Å². The summed E-state index contributed by atoms with van der Waals surface area (Å²) in [7, 11) is 1.65. The van der Waals surface area contributed by atoms with Crippen LogP contribution in [0, 0.1) is 5.92 Å². The van der Waals surface area contributed by atoms with E-state index in [2.05, 4.69) is 40.9 Å². The molecular weight excluding hydrogens is 372 g/mol. The molecule has 1 aliphatic rings. The molecule has 3 rings (SSSR count). The second kappa shape index (κ2) is 9.45. The summed E-state index contributed by atoms with van der Waals surface area (Å²) in [5, 5.41) is 12.7. The van der Waals surface area contributed by atoms with Crippen LogP contribution in [0.3, 0.4) is 0 Å². The van der Waals surface area contributed by atoms with Crippen LogP contribution < -0.4 is 10.1 Å². The van der Waals surface area contributed by atoms with Gasteiger partial charge in [-0.2, -0.15) is 0 Å². The van der Waals surface area contributed by atoms with Crippen molar-refractivity contribution in [3.8, 4) is 17.1 Å². The second-order valence-electron chi connectivity index (χ2n) is 7.72. The number of aromatic nitrogens is 3. The van der Waals surface area contributed by atoms with E-state index >= 15 is 0 Å². The van der Waals surface area contributed by atoms with E-state index in [1.165, 1.54) is 31.0 Å². The maximum absolute atomic E-state index is 12.5. The van der Waals surface area contributed by atoms with Gasteiger partial charge in [-0.15, -0.1) is 10.2 Å². The molecule has 0 spiro atoms. The van der Waals surface area contributed by atoms with Gasteiger partial charge in [0.05, 0.1) is 12.9 Å². The van der Waals surface area contributed by atoms with Crippen molar-refractivity contribution in [2.24, 2.45) is 5.92 Å². The Morgan fingerprint density at radius 2 is 1.96 bits per heavy atom. The Labute approximate surface area is 171 Å². The molecule has 1 aromatic heterocycles. The molecule has 1 heterocycles. The van der Waals surface area contributed by atoms with Gasteiger partial charge in [-0.3, -0.25) is 9.36 Å². The number of hydrogen-bond donors (Lipinski definition) is 1. The van der Waals surface area contributed by atoms with E-state index in [-0.39, 0.29) is 11.9 Å². The van der Waals surface area contributed by atoms with Crippen LogP contribution in [0.15, 0.2) is 29.4 Å². The number of carbonyl (C=O) groups is 1. The molecule has 1 aliphatic carbocycles. The molecule has 7 heteroatoms. The number of methoxy groups -OCH3 is 1. The Balaban J connectivity index is 1.68. The van der Waals surface area contributed by atoms with Crippen LogP contribution in [-0.2, 0) is 4.79 Å². The number of rotatable bonds is 7. The normalized spacial score (nSPS) is 19.6. The molecule has 1 N–H and O–H groups in total. The highest BCUT2D eigenvalue weighted by Crippen LogP contribution is 2.29. The highest BCUT2D eigenvalue weighted by atomic mass is 32.2. The number of hydrogen-bond acceptors (Lipinski definition) is 5. The van der Waals surface area contributed by atoms with Crippen LogP contribution in [0.5, 0.6) is 5.75 Å². The number of benzene rings is 1. The summed E-state index contributed by atoms with van der Waals surface area (Å²) in [6, 6.07) is 8.29. The summed E-state index contributed by atoms with van der Waals surface area (Å²) < 4.78 is 7.32. The topological polar surface area (TPSA) is 69.0 Å². The van der Waals surface area contributed by atoms with Crippen molar-refractivity contribution in [1.29, 1.82) is 0 Å². The molecule has 0 radical (unpaired) electrons. The fraction of sp³-hybridized carbons (Fsp3) is 0.571. The molecule has 2 aromatic rings. The quantitative estimate of drug-likeness (QED) is 0.699. The lowest BCUT2D eigenvalue weighted by molar-refractivity contribution is -0.119. The minimum Gasteiger partial charge on any atom is -0.497 e. The molecule has 1 aromatic carbocycles. The zero-order chi connectivity index (χ0) is 20.1. The SMILES string of the molecule is COc1ccc(-c2nnc(SCC(=O)NC3CCCCC3C)n2C(C)C)cc1. The van der Waals surface area contributed by atoms with Crippen LogP contribution in [0.2, 0.25) is 0 Å². The molecule has 1 fully saturated rings. The predicted octanol–water partition coefficient (Wildman–Crippen LogP) is 4.32. The second-order valence-corrected chi connectivity index (χ2v) is 8.67. The van der Waals surface area contributed by atoms with Crippen LogP contribution in [0.25, 0.3) is 11.4 Å². The summed E-state index contributed by atoms with van der Waals surface area (Å²) in [6.45, 7) is 6.43. The third kappa shape index (κ3) is 4.87. The van der Waals surface area contributed by atoms with E-state index in [0.29, 0.717) is 17.7 Å². The van der Waals surface area contributed by atoms with Crippen LogP contribution in [-0.4, -0.2) is 39.6 Å². The van der Waals surface area contributed by atoms with Crippen molar-refractivity contribution >= 4 is 17.7 Å². The van der Waals surface area contributed by atoms with E-state index in [9.17, 15) is 4.79 Å². The Morgan fingerprint density at radius 1 is 1.25 bits per heavy atom. The van der Waals surface area contributed by atoms with Gasteiger partial charge in [0.15, 0.2) is 11.0 Å². The fourth-order valence-electron chi connectivity index (χ4n) is 3.69. The molecule has 152 valence electrons. The summed E-state index contributed by atoms with van der Waals surface area (Å²) in [6.07, 6.45) is 4.76. The van der Waals surface area contributed by atoms with Gasteiger partial charge < -0.3 is 10.1 Å². The first-order valence-electron chi connectivity index (χ1n) is 10.0. The van der Waals surface area contributed by atoms with Crippen molar-refractivity contribution in [1.82, 2.24) is 20.1 Å². The van der Waals surface area contributed by atoms with Crippen molar-refractivity contribution in [3.05, 3.63) is 24.3 Å². The number of nitrogens with zero attached hydrogens (tertiary/aromatic N) is 3. The number of amides is 1. The fourth-order valence-corrected chi connectivity index (χ4v) is 4.57. The Morgan fingerprint density at radius 3 is 2.61 bits per heavy atom. The smallest absolute Gasteiger partial charge is 0.230 e. The van der Waals surface area contributed by atoms with E-state index in [1.54, 1.807) is 7.11 Å². The molecular formula is C21H30N4O2S. The third-order valence-corrected chi connectivity index (χ3v) is 6.26. The summed E-state index contributed by atoms with van der Waals surface area (Å²) in [5.74, 6) is 2.61. The van der Waals surface area contributed by atoms with Gasteiger partial charge >= 0.3 is 0 Å². The Bertz CT molecular complexity index is 788. The maximum Gasteiger partial charge on any atom is 0.230 e. The zero-order valence-electron chi connectivity index (χ0n) is 17.1. The Hall–Kier alpha value is -2.02. The summed E-state index contributed by atoms with van der Waals surface area (Å²) in [5.41, 5.74) is 0.981. The first-order chi connectivity index (χ1) is 13.5. The average Bonchev–Trinajstić information content (AvgIpc) is 3.12. The van der Waals surface area contributed by atoms with Gasteiger partial charge in [0.25, 0.3) is 0 Å². The van der Waals surface area contributed by atoms with Crippen molar-refractivity contribution in [2.45, 2.75) is 63.7 Å². The average molecular weight is 403 g/mol. The molecule has 0 bridgehead atoms. The zero-order valence-corrected chi connectivity index (χ0v) is 18.0. The molecule has 2 atom stereocenters. The van der Waals surface area contributed by atoms with Crippen molar-refractivity contribution in [3.63, 3.8) is 0 Å². The number of ether oxygens (including phenoxy) is 1. The van der Waals surface area contributed by atoms with Gasteiger partial charge in [-0.1, -0.05) is 31.5 Å². The van der Waals surface area contributed by atoms with E-state index in [4.69, 9.17) is 4.74 Å². The van der Waals surface area contributed by atoms with Gasteiger partial charge in [0, 0.05) is 17.6 Å². The number of thioether (sulfide) groups is 1. The highest BCUT2D eigenvalue weighted by Gasteiger charge is 2.23. The highest BCUT2D eigenvalue weighted by molar-refractivity contribution is 7.99. The van der Waals surface area contributed by atoms with Gasteiger partial charge in [-0.25, -0.2) is 0 Å². The van der Waals surface area contributed by atoms with E-state index < -0.39 is 0 Å². The Kier molecular flexibility index (Phi) is 6.99. The molecule has 1 saturated carbocycles. The molecule has 6 nitrogen and oxygen atoms in total. The molecule has 2 unspecified atom stereocenters. The minimum atomic E-state index is 0.0769. The minimum absolute atomic E-state index is 0.0769.